The molecular formula is C38H44N8O9. The van der Waals surface area contributed by atoms with Gasteiger partial charge < -0.3 is 52.3 Å². The normalized spacial score (nSPS) is 12.5. The number of aromatic nitrogens is 4. The van der Waals surface area contributed by atoms with E-state index in [1.807, 2.05) is 24.1 Å². The van der Waals surface area contributed by atoms with Gasteiger partial charge >= 0.3 is 11.9 Å². The Morgan fingerprint density at radius 2 is 1.35 bits per heavy atom. The Bertz CT molecular complexity index is 2090. The minimum atomic E-state index is -1.30. The third-order valence-electron chi connectivity index (χ3n) is 8.89. The smallest absolute Gasteiger partial charge is 0.326 e. The molecule has 0 saturated heterocycles. The van der Waals surface area contributed by atoms with Crippen LogP contribution in [0.1, 0.15) is 53.9 Å². The predicted molar refractivity (Wildman–Crippen MR) is 204 cm³/mol. The van der Waals surface area contributed by atoms with Crippen molar-refractivity contribution in [2.45, 2.75) is 52.1 Å². The molecule has 2 heterocycles. The average Bonchev–Trinajstić information content (AvgIpc) is 3.13. The van der Waals surface area contributed by atoms with Gasteiger partial charge in [0.15, 0.2) is 40.0 Å². The van der Waals surface area contributed by atoms with Crippen LogP contribution in [0.3, 0.4) is 0 Å². The van der Waals surface area contributed by atoms with Crippen molar-refractivity contribution < 1.29 is 45.0 Å². The Morgan fingerprint density at radius 1 is 0.782 bits per heavy atom. The first-order chi connectivity index (χ1) is 26.0. The minimum Gasteiger partial charge on any atom is -0.504 e. The van der Waals surface area contributed by atoms with Crippen LogP contribution in [0.15, 0.2) is 66.9 Å². The van der Waals surface area contributed by atoms with Crippen LogP contribution in [0.25, 0.3) is 11.2 Å². The van der Waals surface area contributed by atoms with Crippen molar-refractivity contribution in [1.29, 1.82) is 0 Å². The lowest BCUT2D eigenvalue weighted by atomic mass is 9.85. The highest BCUT2D eigenvalue weighted by atomic mass is 16.4. The van der Waals surface area contributed by atoms with Crippen molar-refractivity contribution in [2.75, 3.05) is 23.4 Å². The summed E-state index contributed by atoms with van der Waals surface area (Å²) in [6.07, 6.45) is 2.55. The van der Waals surface area contributed by atoms with E-state index in [0.29, 0.717) is 35.2 Å². The molecule has 3 aromatic carbocycles. The van der Waals surface area contributed by atoms with E-state index < -0.39 is 23.9 Å². The van der Waals surface area contributed by atoms with E-state index in [9.17, 15) is 39.9 Å². The van der Waals surface area contributed by atoms with Crippen molar-refractivity contribution in [3.63, 3.8) is 0 Å². The Hall–Kier alpha value is -6.91. The number of nitrogen functional groups attached to an aromatic ring is 2. The predicted octanol–water partition coefficient (Wildman–Crippen LogP) is 3.83. The van der Waals surface area contributed by atoms with Gasteiger partial charge in [-0.1, -0.05) is 26.0 Å². The molecule has 3 atom stereocenters. The highest BCUT2D eigenvalue weighted by molar-refractivity contribution is 5.97. The fourth-order valence-corrected chi connectivity index (χ4v) is 5.57. The second kappa shape index (κ2) is 18.2. The van der Waals surface area contributed by atoms with Gasteiger partial charge in [-0.05, 0) is 90.8 Å². The number of phenolic OH excluding ortho intramolecular Hbond substituents is 4. The van der Waals surface area contributed by atoms with Crippen molar-refractivity contribution in [1.82, 2.24) is 25.3 Å². The third-order valence-corrected chi connectivity index (χ3v) is 8.89. The van der Waals surface area contributed by atoms with Crippen molar-refractivity contribution in [2.24, 2.45) is 11.8 Å². The lowest BCUT2D eigenvalue weighted by molar-refractivity contribution is -0.140. The van der Waals surface area contributed by atoms with Crippen LogP contribution in [0.5, 0.6) is 23.0 Å². The van der Waals surface area contributed by atoms with Crippen LogP contribution in [0.2, 0.25) is 0 Å². The van der Waals surface area contributed by atoms with E-state index in [0.717, 1.165) is 29.7 Å². The standard InChI is InChI=1S/C20H22N8O5.C18H22O4/c1-28(9-11-8-23-17-15(24-11)16(21)26-20(22)27-17)12-4-2-10(3-5-12)18(31)25-13(19(32)33)6-7-14(29)30;1-11(7-13-3-5-15(19)17(21)9-13)12(2)8-14-4-6-16(20)18(22)10-14/h2-5,8,13H,6-7,9H2,1H3,(H,25,31)(H,29,30)(H,32,33)(H4,21,22,23,26,27);3-6,9-12,19-22H,7-8H2,1-2H3/t13-;11-,12+/m0./s1. The number of nitrogens with one attached hydrogen (secondary N) is 1. The number of phenols is 4. The number of carbonyl (C=O) groups excluding carboxylic acids is 1. The van der Waals surface area contributed by atoms with E-state index in [1.165, 1.54) is 24.3 Å². The quantitative estimate of drug-likeness (QED) is 0.0727. The molecule has 11 N–H and O–H groups in total. The zero-order valence-electron chi connectivity index (χ0n) is 30.4. The summed E-state index contributed by atoms with van der Waals surface area (Å²) in [4.78, 5) is 52.7. The number of hydrogen-bond donors (Lipinski definition) is 9. The number of amides is 1. The summed E-state index contributed by atoms with van der Waals surface area (Å²) in [6.45, 7) is 4.64. The monoisotopic (exact) mass is 756 g/mol. The molecule has 55 heavy (non-hydrogen) atoms. The zero-order valence-corrected chi connectivity index (χ0v) is 30.4. The molecule has 0 aliphatic carbocycles. The molecule has 0 aliphatic rings. The second-order valence-corrected chi connectivity index (χ2v) is 13.2. The molecule has 5 rings (SSSR count). The number of carbonyl (C=O) groups is 3. The van der Waals surface area contributed by atoms with Crippen molar-refractivity contribution >= 4 is 46.5 Å². The zero-order chi connectivity index (χ0) is 40.4. The molecule has 2 aromatic heterocycles. The third kappa shape index (κ3) is 11.5. The second-order valence-electron chi connectivity index (χ2n) is 13.2. The fraction of sp³-hybridized carbons (Fsp3) is 0.289. The number of carboxylic acids is 2. The molecule has 1 amide bonds. The number of aromatic hydroxyl groups is 4. The number of nitrogens with two attached hydrogens (primary N) is 2. The molecule has 0 fully saturated rings. The Kier molecular flexibility index (Phi) is 13.5. The lowest BCUT2D eigenvalue weighted by Crippen LogP contribution is -2.41. The summed E-state index contributed by atoms with van der Waals surface area (Å²) in [5.41, 5.74) is 15.6. The molecule has 17 nitrogen and oxygen atoms in total. The van der Waals surface area contributed by atoms with E-state index in [-0.39, 0.29) is 53.2 Å². The van der Waals surface area contributed by atoms with Crippen LogP contribution in [-0.4, -0.2) is 81.5 Å². The fourth-order valence-electron chi connectivity index (χ4n) is 5.57. The largest absolute Gasteiger partial charge is 0.504 e. The molecule has 0 bridgehead atoms. The molecule has 290 valence electrons. The number of anilines is 3. The summed E-state index contributed by atoms with van der Waals surface area (Å²) in [7, 11) is 1.82. The number of rotatable bonds is 14. The van der Waals surface area contributed by atoms with Crippen LogP contribution in [0.4, 0.5) is 17.5 Å². The SMILES string of the molecule is CN(Cc1cnc2nc(N)nc(N)c2n1)c1ccc(C(=O)N[C@@H](CCC(=O)O)C(=O)O)cc1.C[C@H](Cc1ccc(O)c(O)c1)[C@@H](C)Cc1ccc(O)c(O)c1. The molecule has 17 heteroatoms. The maximum atomic E-state index is 12.4. The minimum absolute atomic E-state index is 0.0138. The Morgan fingerprint density at radius 3 is 1.85 bits per heavy atom. The molecule has 0 unspecified atom stereocenters. The Balaban J connectivity index is 0.000000265. The highest BCUT2D eigenvalue weighted by Crippen LogP contribution is 2.30. The summed E-state index contributed by atoms with van der Waals surface area (Å²) < 4.78 is 0. The number of fused-ring (bicyclic) bond motifs is 1. The number of nitrogens with zero attached hydrogens (tertiary/aromatic N) is 5. The average molecular weight is 757 g/mol. The van der Waals surface area contributed by atoms with Crippen LogP contribution in [0, 0.1) is 11.8 Å². The van der Waals surface area contributed by atoms with Gasteiger partial charge in [0, 0.05) is 24.7 Å². The lowest BCUT2D eigenvalue weighted by Gasteiger charge is -2.20. The van der Waals surface area contributed by atoms with E-state index in [1.54, 1.807) is 30.5 Å². The number of benzene rings is 3. The first kappa shape index (κ1) is 40.9. The van der Waals surface area contributed by atoms with Gasteiger partial charge in [0.1, 0.15) is 6.04 Å². The first-order valence-electron chi connectivity index (χ1n) is 17.1. The van der Waals surface area contributed by atoms with E-state index >= 15 is 0 Å². The van der Waals surface area contributed by atoms with Crippen LogP contribution >= 0.6 is 0 Å². The number of carboxylic acid groups (broad SMARTS) is 2. The van der Waals surface area contributed by atoms with Gasteiger partial charge in [-0.15, -0.1) is 0 Å². The van der Waals surface area contributed by atoms with Crippen LogP contribution < -0.4 is 21.7 Å². The van der Waals surface area contributed by atoms with Gasteiger partial charge in [-0.25, -0.2) is 14.8 Å². The van der Waals surface area contributed by atoms with Crippen LogP contribution in [-0.2, 0) is 29.0 Å². The summed E-state index contributed by atoms with van der Waals surface area (Å²) in [6, 6.07) is 15.0. The molecule has 0 aliphatic heterocycles. The highest BCUT2D eigenvalue weighted by Gasteiger charge is 2.22. The molecule has 0 saturated carbocycles. The van der Waals surface area contributed by atoms with Crippen molar-refractivity contribution in [3.8, 4) is 23.0 Å². The summed E-state index contributed by atoms with van der Waals surface area (Å²) >= 11 is 0. The first-order valence-corrected chi connectivity index (χ1v) is 17.1. The van der Waals surface area contributed by atoms with Gasteiger partial charge in [-0.3, -0.25) is 9.59 Å². The number of hydrogen-bond acceptors (Lipinski definition) is 14. The van der Waals surface area contributed by atoms with Gasteiger partial charge in [0.25, 0.3) is 5.91 Å². The van der Waals surface area contributed by atoms with Crippen molar-refractivity contribution in [3.05, 3.63) is 89.2 Å². The summed E-state index contributed by atoms with van der Waals surface area (Å²) in [5.74, 6) is -2.59. The maximum absolute atomic E-state index is 12.4. The summed E-state index contributed by atoms with van der Waals surface area (Å²) in [5, 5.41) is 58.0. The van der Waals surface area contributed by atoms with Gasteiger partial charge in [0.05, 0.1) is 18.4 Å². The Labute approximate surface area is 316 Å². The number of aliphatic carboxylic acids is 2. The molecule has 0 radical (unpaired) electrons. The molecule has 5 aromatic rings. The van der Waals surface area contributed by atoms with E-state index in [2.05, 4.69) is 39.1 Å². The maximum Gasteiger partial charge on any atom is 0.326 e. The van der Waals surface area contributed by atoms with E-state index in [4.69, 9.17) is 16.6 Å². The topological polar surface area (TPSA) is 291 Å². The van der Waals surface area contributed by atoms with Gasteiger partial charge in [-0.2, -0.15) is 9.97 Å². The molecular weight excluding hydrogens is 712 g/mol. The van der Waals surface area contributed by atoms with Gasteiger partial charge in [0.2, 0.25) is 5.95 Å². The molecule has 0 spiro atoms.